The minimum Gasteiger partial charge on any atom is -0.545 e. The summed E-state index contributed by atoms with van der Waals surface area (Å²) in [5, 5.41) is 13.5. The first-order valence-corrected chi connectivity index (χ1v) is 12.0. The van der Waals surface area contributed by atoms with Crippen LogP contribution < -0.4 is 10.4 Å². The van der Waals surface area contributed by atoms with E-state index in [-0.39, 0.29) is 17.2 Å². The van der Waals surface area contributed by atoms with Crippen LogP contribution in [0, 0.1) is 6.92 Å². The number of rotatable bonds is 8. The third kappa shape index (κ3) is 6.19. The second-order valence-electron chi connectivity index (χ2n) is 6.83. The number of carbonyl (C=O) groups is 2. The Morgan fingerprint density at radius 2 is 1.61 bits per heavy atom. The van der Waals surface area contributed by atoms with Crippen LogP contribution in [0.2, 0.25) is 0 Å². The first-order chi connectivity index (χ1) is 14.7. The molecule has 0 bridgehead atoms. The Balaban J connectivity index is 1.60. The lowest BCUT2D eigenvalue weighted by atomic mass is 10.2. The minimum atomic E-state index is -3.37. The fourth-order valence-corrected chi connectivity index (χ4v) is 5.37. The maximum absolute atomic E-state index is 12.5. The predicted octanol–water partition coefficient (Wildman–Crippen LogP) is 3.18. The molecule has 0 atom stereocenters. The van der Waals surface area contributed by atoms with Gasteiger partial charge in [0.25, 0.3) is 5.91 Å². The summed E-state index contributed by atoms with van der Waals surface area (Å²) in [4.78, 5) is 24.4. The van der Waals surface area contributed by atoms with Crippen LogP contribution in [-0.2, 0) is 9.84 Å². The normalized spacial score (nSPS) is 11.1. The van der Waals surface area contributed by atoms with Crippen LogP contribution in [0.25, 0.3) is 0 Å². The van der Waals surface area contributed by atoms with Gasteiger partial charge in [-0.1, -0.05) is 35.9 Å². The van der Waals surface area contributed by atoms with Crippen LogP contribution in [0.3, 0.4) is 0 Å². The summed E-state index contributed by atoms with van der Waals surface area (Å²) in [6, 6.07) is 19.3. The van der Waals surface area contributed by atoms with Gasteiger partial charge in [0.2, 0.25) is 0 Å². The zero-order chi connectivity index (χ0) is 22.4. The molecule has 0 spiro atoms. The van der Waals surface area contributed by atoms with E-state index in [4.69, 9.17) is 0 Å². The van der Waals surface area contributed by atoms with Crippen molar-refractivity contribution in [3.8, 4) is 0 Å². The van der Waals surface area contributed by atoms with E-state index in [1.165, 1.54) is 36.0 Å². The van der Waals surface area contributed by atoms with E-state index < -0.39 is 15.8 Å². The molecule has 0 aliphatic rings. The summed E-state index contributed by atoms with van der Waals surface area (Å²) in [7, 11) is -3.37. The molecule has 0 radical (unpaired) electrons. The first kappa shape index (κ1) is 22.6. The molecule has 0 aliphatic carbocycles. The van der Waals surface area contributed by atoms with E-state index in [0.717, 1.165) is 10.5 Å². The Labute approximate surface area is 185 Å². The van der Waals surface area contributed by atoms with Crippen LogP contribution in [0.15, 0.2) is 82.6 Å². The zero-order valence-electron chi connectivity index (χ0n) is 16.7. The maximum atomic E-state index is 12.5. The lowest BCUT2D eigenvalue weighted by Gasteiger charge is -2.09. The van der Waals surface area contributed by atoms with Crippen LogP contribution >= 0.6 is 11.8 Å². The third-order valence-corrected chi connectivity index (χ3v) is 7.46. The highest BCUT2D eigenvalue weighted by molar-refractivity contribution is 8.00. The number of sulfone groups is 1. The summed E-state index contributed by atoms with van der Waals surface area (Å²) >= 11 is 1.36. The Morgan fingerprint density at radius 1 is 0.935 bits per heavy atom. The largest absolute Gasteiger partial charge is 0.545 e. The van der Waals surface area contributed by atoms with Crippen molar-refractivity contribution in [2.24, 2.45) is 0 Å². The molecule has 0 saturated heterocycles. The number of amides is 1. The maximum Gasteiger partial charge on any atom is 0.255 e. The number of carboxylic acids is 1. The molecule has 8 heteroatoms. The molecule has 0 heterocycles. The molecular formula is C23H20NO5S2-. The zero-order valence-corrected chi connectivity index (χ0v) is 18.3. The van der Waals surface area contributed by atoms with Gasteiger partial charge < -0.3 is 15.2 Å². The number of nitrogens with one attached hydrogen (secondary N) is 1. The lowest BCUT2D eigenvalue weighted by Crippen LogP contribution is -2.22. The summed E-state index contributed by atoms with van der Waals surface area (Å²) in [5.74, 6) is -1.30. The van der Waals surface area contributed by atoms with Gasteiger partial charge in [-0.25, -0.2) is 8.42 Å². The number of anilines is 1. The molecule has 31 heavy (non-hydrogen) atoms. The van der Waals surface area contributed by atoms with Crippen molar-refractivity contribution in [1.82, 2.24) is 0 Å². The molecule has 0 fully saturated rings. The van der Waals surface area contributed by atoms with E-state index in [9.17, 15) is 23.1 Å². The molecule has 1 amide bonds. The number of carboxylic acid groups (broad SMARTS) is 1. The molecule has 0 aliphatic heterocycles. The van der Waals surface area contributed by atoms with Crippen LogP contribution in [0.4, 0.5) is 5.69 Å². The third-order valence-electron chi connectivity index (χ3n) is 4.48. The van der Waals surface area contributed by atoms with Gasteiger partial charge in [0.05, 0.1) is 16.6 Å². The van der Waals surface area contributed by atoms with Gasteiger partial charge in [0, 0.05) is 21.9 Å². The van der Waals surface area contributed by atoms with Crippen molar-refractivity contribution in [3.05, 3.63) is 89.5 Å². The average Bonchev–Trinajstić information content (AvgIpc) is 2.74. The van der Waals surface area contributed by atoms with Gasteiger partial charge in [0.15, 0.2) is 9.84 Å². The number of carbonyl (C=O) groups excluding carboxylic acids is 2. The minimum absolute atomic E-state index is 0.0120. The van der Waals surface area contributed by atoms with Gasteiger partial charge in [-0.2, -0.15) is 0 Å². The Bertz CT molecular complexity index is 1190. The number of hydrogen-bond acceptors (Lipinski definition) is 6. The molecule has 6 nitrogen and oxygen atoms in total. The second kappa shape index (κ2) is 9.80. The van der Waals surface area contributed by atoms with Gasteiger partial charge in [-0.3, -0.25) is 4.79 Å². The van der Waals surface area contributed by atoms with E-state index in [2.05, 4.69) is 5.32 Å². The lowest BCUT2D eigenvalue weighted by molar-refractivity contribution is -0.255. The summed E-state index contributed by atoms with van der Waals surface area (Å²) in [6.45, 7) is 1.90. The Kier molecular flexibility index (Phi) is 7.14. The molecule has 0 aromatic heterocycles. The number of hydrogen-bond donors (Lipinski definition) is 1. The predicted molar refractivity (Wildman–Crippen MR) is 119 cm³/mol. The van der Waals surface area contributed by atoms with Crippen molar-refractivity contribution in [1.29, 1.82) is 0 Å². The Morgan fingerprint density at radius 3 is 2.26 bits per heavy atom. The fourth-order valence-electron chi connectivity index (χ4n) is 2.75. The first-order valence-electron chi connectivity index (χ1n) is 9.40. The second-order valence-corrected chi connectivity index (χ2v) is 10.1. The highest BCUT2D eigenvalue weighted by atomic mass is 32.2. The summed E-state index contributed by atoms with van der Waals surface area (Å²) in [6.07, 6.45) is 0. The number of thioether (sulfide) groups is 1. The quantitative estimate of drug-likeness (QED) is 0.525. The van der Waals surface area contributed by atoms with Crippen molar-refractivity contribution in [2.75, 3.05) is 16.8 Å². The SMILES string of the molecule is Cc1ccc(S(=O)(=O)CCSc2cccc(C(=O)Nc3ccc(C(=O)[O-])cc3)c2)cc1. The molecule has 3 aromatic rings. The fraction of sp³-hybridized carbons (Fsp3) is 0.130. The van der Waals surface area contributed by atoms with Gasteiger partial charge in [0.1, 0.15) is 0 Å². The van der Waals surface area contributed by atoms with Crippen molar-refractivity contribution in [3.63, 3.8) is 0 Å². The smallest absolute Gasteiger partial charge is 0.255 e. The summed E-state index contributed by atoms with van der Waals surface area (Å²) in [5.41, 5.74) is 1.89. The standard InChI is InChI=1S/C23H21NO5S2/c1-16-5-11-21(12-6-16)31(28,29)14-13-30-20-4-2-3-18(15-20)22(25)24-19-9-7-17(8-10-19)23(26)27/h2-12,15H,13-14H2,1H3,(H,24,25)(H,26,27)/p-1. The molecule has 0 unspecified atom stereocenters. The molecule has 3 rings (SSSR count). The Hall–Kier alpha value is -3.10. The molecule has 160 valence electrons. The van der Waals surface area contributed by atoms with Gasteiger partial charge in [-0.05, 0) is 55.0 Å². The monoisotopic (exact) mass is 454 g/mol. The molecular weight excluding hydrogens is 434 g/mol. The average molecular weight is 455 g/mol. The summed E-state index contributed by atoms with van der Waals surface area (Å²) < 4.78 is 24.9. The molecule has 0 saturated carbocycles. The van der Waals surface area contributed by atoms with Gasteiger partial charge >= 0.3 is 0 Å². The number of aryl methyl sites for hydroxylation is 1. The number of aromatic carboxylic acids is 1. The topological polar surface area (TPSA) is 103 Å². The van der Waals surface area contributed by atoms with E-state index in [1.54, 1.807) is 42.5 Å². The van der Waals surface area contributed by atoms with Crippen LogP contribution in [0.5, 0.6) is 0 Å². The van der Waals surface area contributed by atoms with E-state index in [0.29, 0.717) is 21.9 Å². The van der Waals surface area contributed by atoms with Crippen molar-refractivity contribution in [2.45, 2.75) is 16.7 Å². The van der Waals surface area contributed by atoms with Crippen LogP contribution in [-0.4, -0.2) is 31.8 Å². The highest BCUT2D eigenvalue weighted by Gasteiger charge is 2.14. The van der Waals surface area contributed by atoms with E-state index in [1.807, 2.05) is 13.0 Å². The van der Waals surface area contributed by atoms with Crippen LogP contribution in [0.1, 0.15) is 26.3 Å². The van der Waals surface area contributed by atoms with Gasteiger partial charge in [-0.15, -0.1) is 11.8 Å². The van der Waals surface area contributed by atoms with Crippen molar-refractivity contribution >= 4 is 39.2 Å². The van der Waals surface area contributed by atoms with E-state index >= 15 is 0 Å². The number of benzene rings is 3. The highest BCUT2D eigenvalue weighted by Crippen LogP contribution is 2.22. The molecule has 1 N–H and O–H groups in total. The molecule has 3 aromatic carbocycles. The van der Waals surface area contributed by atoms with Crippen molar-refractivity contribution < 1.29 is 23.1 Å².